The van der Waals surface area contributed by atoms with Crippen molar-refractivity contribution in [2.45, 2.75) is 0 Å². The average Bonchev–Trinajstić information content (AvgIpc) is 1.90. The Kier molecular flexibility index (Phi) is 2.32. The summed E-state index contributed by atoms with van der Waals surface area (Å²) in [7, 11) is 0. The van der Waals surface area contributed by atoms with Crippen molar-refractivity contribution >= 4 is 25.1 Å². The summed E-state index contributed by atoms with van der Waals surface area (Å²) in [5.41, 5.74) is 0. The second-order valence-electron chi connectivity index (χ2n) is 1.39. The third-order valence-corrected chi connectivity index (χ3v) is 2.12. The van der Waals surface area contributed by atoms with Gasteiger partial charge in [-0.2, -0.15) is 0 Å². The topological polar surface area (TPSA) is 0 Å². The Morgan fingerprint density at radius 1 is 1.12 bits per heavy atom. The number of hydrogen-bond acceptors (Lipinski definition) is 0. The van der Waals surface area contributed by atoms with Crippen LogP contribution in [0.5, 0.6) is 0 Å². The van der Waals surface area contributed by atoms with Gasteiger partial charge in [0, 0.05) is 0 Å². The van der Waals surface area contributed by atoms with E-state index in [-0.39, 0.29) is 0 Å². The monoisotopic (exact) mass is 226 g/mol. The fraction of sp³-hybridized carbons (Fsp3) is 0. The molecule has 0 aliphatic rings. The Morgan fingerprint density at radius 2 is 1.75 bits per heavy atom. The molecule has 0 N–H and O–H groups in total. The van der Waals surface area contributed by atoms with Gasteiger partial charge in [-0.05, 0) is 0 Å². The molecule has 1 aromatic rings. The predicted octanol–water partition coefficient (Wildman–Crippen LogP) is 0.901. The molecular weight excluding hydrogens is 219 g/mol. The second-order valence-corrected chi connectivity index (χ2v) is 3.18. The van der Waals surface area contributed by atoms with Crippen molar-refractivity contribution < 1.29 is 2.89 Å². The van der Waals surface area contributed by atoms with E-state index in [1.807, 2.05) is 30.3 Å². The van der Waals surface area contributed by atoms with Crippen molar-refractivity contribution in [1.29, 1.82) is 0 Å². The quantitative estimate of drug-likeness (QED) is 0.621. The van der Waals surface area contributed by atoms with E-state index in [0.29, 0.717) is 0 Å². The summed E-state index contributed by atoms with van der Waals surface area (Å²) in [6.07, 6.45) is 0. The van der Waals surface area contributed by atoms with Gasteiger partial charge in [0.05, 0.1) is 0 Å². The van der Waals surface area contributed by atoms with Crippen LogP contribution < -0.4 is 3.61 Å². The van der Waals surface area contributed by atoms with Gasteiger partial charge in [-0.25, -0.2) is 0 Å². The summed E-state index contributed by atoms with van der Waals surface area (Å²) in [4.78, 5) is 0. The van der Waals surface area contributed by atoms with Crippen LogP contribution in [0.3, 0.4) is 0 Å². The Balaban J connectivity index is 2.83. The number of rotatable bonds is 1. The molecule has 0 saturated carbocycles. The molecule has 0 atom stereocenters. The van der Waals surface area contributed by atoms with E-state index in [2.05, 4.69) is 0 Å². The summed E-state index contributed by atoms with van der Waals surface area (Å²) in [5, 5.41) is 0. The van der Waals surface area contributed by atoms with E-state index in [0.717, 1.165) is 3.61 Å². The van der Waals surface area contributed by atoms with Crippen LogP contribution in [0.25, 0.3) is 0 Å². The van der Waals surface area contributed by atoms with Crippen molar-refractivity contribution in [3.8, 4) is 0 Å². The summed E-state index contributed by atoms with van der Waals surface area (Å²) in [6, 6.07) is 9.26. The van der Waals surface area contributed by atoms with E-state index in [9.17, 15) is 2.89 Å². The first kappa shape index (κ1) is 6.07. The van der Waals surface area contributed by atoms with E-state index in [4.69, 9.17) is 0 Å². The Morgan fingerprint density at radius 3 is 2.12 bits per heavy atom. The minimum absolute atomic E-state index is 0.873. The molecule has 0 bridgehead atoms. The van der Waals surface area contributed by atoms with Gasteiger partial charge in [-0.1, -0.05) is 0 Å². The molecule has 0 aromatic heterocycles. The number of hydrogen-bond donors (Lipinski definition) is 0. The summed E-state index contributed by atoms with van der Waals surface area (Å²) in [6.45, 7) is 0. The van der Waals surface area contributed by atoms with Crippen LogP contribution in [-0.2, 0) is 0 Å². The van der Waals surface area contributed by atoms with Crippen LogP contribution in [0.4, 0.5) is 2.89 Å². The van der Waals surface area contributed by atoms with Crippen LogP contribution >= 0.6 is 0 Å². The molecule has 0 nitrogen and oxygen atoms in total. The fourth-order valence-electron chi connectivity index (χ4n) is 0.472. The molecule has 0 amide bonds. The molecule has 2 heteroatoms. The molecule has 0 unspecified atom stereocenters. The van der Waals surface area contributed by atoms with Gasteiger partial charge in [-0.15, -0.1) is 0 Å². The zero-order valence-electron chi connectivity index (χ0n) is 4.17. The third kappa shape index (κ3) is 1.47. The van der Waals surface area contributed by atoms with Gasteiger partial charge < -0.3 is 0 Å². The second kappa shape index (κ2) is 3.06. The van der Waals surface area contributed by atoms with Gasteiger partial charge >= 0.3 is 58.3 Å². The van der Waals surface area contributed by atoms with Crippen molar-refractivity contribution in [1.82, 2.24) is 0 Å². The zero-order chi connectivity index (χ0) is 5.82. The molecule has 8 heavy (non-hydrogen) atoms. The molecular formula is C6H5FTe. The Labute approximate surface area is 58.6 Å². The van der Waals surface area contributed by atoms with Crippen LogP contribution in [0, 0.1) is 0 Å². The predicted molar refractivity (Wildman–Crippen MR) is 32.9 cm³/mol. The minimum atomic E-state index is -1.34. The number of halogens is 1. The van der Waals surface area contributed by atoms with Gasteiger partial charge in [0.2, 0.25) is 0 Å². The maximum atomic E-state index is 11.9. The molecule has 0 aliphatic heterocycles. The standard InChI is InChI=1S/C6H5FTe/c7-8-6-4-2-1-3-5-6/h1-5H. The van der Waals surface area contributed by atoms with Crippen LogP contribution in [0.1, 0.15) is 0 Å². The van der Waals surface area contributed by atoms with Gasteiger partial charge in [-0.3, -0.25) is 0 Å². The molecule has 1 aromatic carbocycles. The Hall–Kier alpha value is -0.0604. The van der Waals surface area contributed by atoms with E-state index >= 15 is 0 Å². The van der Waals surface area contributed by atoms with Crippen molar-refractivity contribution in [3.63, 3.8) is 0 Å². The summed E-state index contributed by atoms with van der Waals surface area (Å²) in [5.74, 6) is 0. The van der Waals surface area contributed by atoms with Crippen LogP contribution in [0.2, 0.25) is 0 Å². The normalized spacial score (nSPS) is 9.12. The molecule has 0 aliphatic carbocycles. The molecule has 0 spiro atoms. The van der Waals surface area contributed by atoms with E-state index < -0.39 is 21.5 Å². The van der Waals surface area contributed by atoms with E-state index in [1.165, 1.54) is 0 Å². The molecule has 0 radical (unpaired) electrons. The number of benzene rings is 1. The molecule has 42 valence electrons. The van der Waals surface area contributed by atoms with Gasteiger partial charge in [0.15, 0.2) is 0 Å². The Bertz CT molecular complexity index is 150. The summed E-state index contributed by atoms with van der Waals surface area (Å²) < 4.78 is 12.7. The molecule has 0 saturated heterocycles. The van der Waals surface area contributed by atoms with Crippen molar-refractivity contribution in [3.05, 3.63) is 30.3 Å². The fourth-order valence-corrected chi connectivity index (χ4v) is 1.21. The molecule has 1 rings (SSSR count). The van der Waals surface area contributed by atoms with Gasteiger partial charge in [0.25, 0.3) is 0 Å². The van der Waals surface area contributed by atoms with Gasteiger partial charge in [0.1, 0.15) is 0 Å². The third-order valence-electron chi connectivity index (χ3n) is 0.832. The van der Waals surface area contributed by atoms with Crippen LogP contribution in [-0.4, -0.2) is 21.5 Å². The first-order valence-corrected chi connectivity index (χ1v) is 4.32. The summed E-state index contributed by atoms with van der Waals surface area (Å²) >= 11 is -1.34. The SMILES string of the molecule is F[Te]c1ccccc1. The van der Waals surface area contributed by atoms with Crippen molar-refractivity contribution in [2.24, 2.45) is 0 Å². The maximum absolute atomic E-state index is 11.9. The van der Waals surface area contributed by atoms with Crippen LogP contribution in [0.15, 0.2) is 30.3 Å². The van der Waals surface area contributed by atoms with Crippen molar-refractivity contribution in [2.75, 3.05) is 0 Å². The van der Waals surface area contributed by atoms with E-state index in [1.54, 1.807) is 0 Å². The first-order valence-electron chi connectivity index (χ1n) is 2.27. The zero-order valence-corrected chi connectivity index (χ0v) is 6.50. The first-order chi connectivity index (χ1) is 3.93. The molecule has 0 heterocycles. The average molecular weight is 224 g/mol. The molecule has 0 fully saturated rings.